The first-order chi connectivity index (χ1) is 10.2. The van der Waals surface area contributed by atoms with Gasteiger partial charge in [-0.15, -0.1) is 0 Å². The monoisotopic (exact) mass is 288 g/mol. The number of imidazole rings is 1. The van der Waals surface area contributed by atoms with Crippen LogP contribution in [-0.2, 0) is 4.79 Å². The maximum Gasteiger partial charge on any atom is 0.226 e. The SMILES string of the molecule is CN1CCN(C(=O)CC2=CCCCC2)C[C@@H]1c1ncc[nH]1. The van der Waals surface area contributed by atoms with Gasteiger partial charge in [0.25, 0.3) is 0 Å². The van der Waals surface area contributed by atoms with E-state index < -0.39 is 0 Å². The van der Waals surface area contributed by atoms with Crippen LogP contribution in [0.5, 0.6) is 0 Å². The maximum absolute atomic E-state index is 12.5. The summed E-state index contributed by atoms with van der Waals surface area (Å²) in [4.78, 5) is 24.3. The molecule has 1 atom stereocenters. The summed E-state index contributed by atoms with van der Waals surface area (Å²) < 4.78 is 0. The van der Waals surface area contributed by atoms with E-state index in [1.54, 1.807) is 6.20 Å². The standard InChI is InChI=1S/C16H24N4O/c1-19-9-10-20(12-14(19)16-17-7-8-18-16)15(21)11-13-5-3-2-4-6-13/h5,7-8,14H,2-4,6,9-12H2,1H3,(H,17,18)/t14-/m1/s1. The molecule has 1 aromatic rings. The zero-order valence-corrected chi connectivity index (χ0v) is 12.7. The molecule has 0 saturated carbocycles. The van der Waals surface area contributed by atoms with Crippen LogP contribution in [0.2, 0.25) is 0 Å². The van der Waals surface area contributed by atoms with Gasteiger partial charge in [0, 0.05) is 38.4 Å². The Labute approximate surface area is 126 Å². The van der Waals surface area contributed by atoms with E-state index in [2.05, 4.69) is 28.0 Å². The number of rotatable bonds is 3. The highest BCUT2D eigenvalue weighted by Gasteiger charge is 2.30. The summed E-state index contributed by atoms with van der Waals surface area (Å²) in [6.45, 7) is 2.45. The van der Waals surface area contributed by atoms with E-state index >= 15 is 0 Å². The number of aromatic amines is 1. The van der Waals surface area contributed by atoms with Gasteiger partial charge in [-0.3, -0.25) is 9.69 Å². The van der Waals surface area contributed by atoms with Crippen LogP contribution in [0.25, 0.3) is 0 Å². The topological polar surface area (TPSA) is 52.2 Å². The summed E-state index contributed by atoms with van der Waals surface area (Å²) in [5, 5.41) is 0. The van der Waals surface area contributed by atoms with E-state index in [1.807, 2.05) is 11.1 Å². The Morgan fingerprint density at radius 3 is 3.05 bits per heavy atom. The van der Waals surface area contributed by atoms with Crippen molar-refractivity contribution in [3.8, 4) is 0 Å². The number of nitrogens with one attached hydrogen (secondary N) is 1. The molecule has 1 fully saturated rings. The molecule has 1 aliphatic heterocycles. The van der Waals surface area contributed by atoms with Crippen LogP contribution in [0.1, 0.15) is 44.0 Å². The van der Waals surface area contributed by atoms with Crippen molar-refractivity contribution in [1.29, 1.82) is 0 Å². The average molecular weight is 288 g/mol. The smallest absolute Gasteiger partial charge is 0.226 e. The average Bonchev–Trinajstić information content (AvgIpc) is 3.03. The minimum absolute atomic E-state index is 0.179. The maximum atomic E-state index is 12.5. The van der Waals surface area contributed by atoms with Crippen LogP contribution in [0.15, 0.2) is 24.0 Å². The molecule has 0 bridgehead atoms. The molecule has 114 valence electrons. The van der Waals surface area contributed by atoms with Crippen molar-refractivity contribution in [3.63, 3.8) is 0 Å². The zero-order valence-electron chi connectivity index (χ0n) is 12.7. The first kappa shape index (κ1) is 14.3. The largest absolute Gasteiger partial charge is 0.347 e. The fraction of sp³-hybridized carbons (Fsp3) is 0.625. The van der Waals surface area contributed by atoms with Crippen molar-refractivity contribution in [2.45, 2.75) is 38.1 Å². The molecule has 0 spiro atoms. The van der Waals surface area contributed by atoms with Crippen LogP contribution in [0.3, 0.4) is 0 Å². The first-order valence-electron chi connectivity index (χ1n) is 7.89. The molecule has 5 heteroatoms. The molecular weight excluding hydrogens is 264 g/mol. The van der Waals surface area contributed by atoms with Crippen LogP contribution < -0.4 is 0 Å². The van der Waals surface area contributed by atoms with Crippen molar-refractivity contribution >= 4 is 5.91 Å². The Bertz CT molecular complexity index is 508. The van der Waals surface area contributed by atoms with Gasteiger partial charge in [-0.1, -0.05) is 11.6 Å². The normalized spacial score (nSPS) is 24.0. The highest BCUT2D eigenvalue weighted by Crippen LogP contribution is 2.24. The lowest BCUT2D eigenvalue weighted by molar-refractivity contribution is -0.133. The highest BCUT2D eigenvalue weighted by atomic mass is 16.2. The van der Waals surface area contributed by atoms with Crippen LogP contribution in [-0.4, -0.2) is 52.4 Å². The van der Waals surface area contributed by atoms with E-state index in [4.69, 9.17) is 0 Å². The number of nitrogens with zero attached hydrogens (tertiary/aromatic N) is 3. The van der Waals surface area contributed by atoms with Gasteiger partial charge in [0.15, 0.2) is 0 Å². The molecule has 1 N–H and O–H groups in total. The van der Waals surface area contributed by atoms with Crippen LogP contribution >= 0.6 is 0 Å². The number of hydrogen-bond acceptors (Lipinski definition) is 3. The first-order valence-corrected chi connectivity index (χ1v) is 7.89. The Morgan fingerprint density at radius 2 is 2.33 bits per heavy atom. The van der Waals surface area contributed by atoms with Gasteiger partial charge in [-0.2, -0.15) is 0 Å². The lowest BCUT2D eigenvalue weighted by atomic mass is 9.96. The van der Waals surface area contributed by atoms with Crippen LogP contribution in [0, 0.1) is 0 Å². The Morgan fingerprint density at radius 1 is 1.43 bits per heavy atom. The van der Waals surface area contributed by atoms with Crippen molar-refractivity contribution in [3.05, 3.63) is 29.9 Å². The van der Waals surface area contributed by atoms with E-state index in [1.165, 1.54) is 18.4 Å². The molecule has 5 nitrogen and oxygen atoms in total. The summed E-state index contributed by atoms with van der Waals surface area (Å²) in [6, 6.07) is 0.179. The lowest BCUT2D eigenvalue weighted by Crippen LogP contribution is -2.49. The summed E-state index contributed by atoms with van der Waals surface area (Å²) >= 11 is 0. The summed E-state index contributed by atoms with van der Waals surface area (Å²) in [7, 11) is 2.10. The van der Waals surface area contributed by atoms with Gasteiger partial charge in [0.1, 0.15) is 5.82 Å². The molecular formula is C16H24N4O. The quantitative estimate of drug-likeness (QED) is 0.867. The van der Waals surface area contributed by atoms with Crippen molar-refractivity contribution in [2.24, 2.45) is 0 Å². The van der Waals surface area contributed by atoms with Gasteiger partial charge < -0.3 is 9.88 Å². The lowest BCUT2D eigenvalue weighted by Gasteiger charge is -2.38. The number of carbonyl (C=O) groups is 1. The summed E-state index contributed by atoms with van der Waals surface area (Å²) in [6.07, 6.45) is 11.2. The second-order valence-corrected chi connectivity index (χ2v) is 6.10. The van der Waals surface area contributed by atoms with E-state index in [9.17, 15) is 4.79 Å². The minimum atomic E-state index is 0.179. The highest BCUT2D eigenvalue weighted by molar-refractivity contribution is 5.79. The Kier molecular flexibility index (Phi) is 4.39. The van der Waals surface area contributed by atoms with Crippen LogP contribution in [0.4, 0.5) is 0 Å². The fourth-order valence-corrected chi connectivity index (χ4v) is 3.23. The number of likely N-dealkylation sites (N-methyl/N-ethyl adjacent to an activating group) is 1. The molecule has 2 heterocycles. The molecule has 0 unspecified atom stereocenters. The third-order valence-corrected chi connectivity index (χ3v) is 4.60. The minimum Gasteiger partial charge on any atom is -0.347 e. The number of piperazine rings is 1. The van der Waals surface area contributed by atoms with Gasteiger partial charge in [0.2, 0.25) is 5.91 Å². The molecule has 1 aromatic heterocycles. The van der Waals surface area contributed by atoms with E-state index in [-0.39, 0.29) is 11.9 Å². The van der Waals surface area contributed by atoms with E-state index in [0.717, 1.165) is 38.3 Å². The number of amides is 1. The van der Waals surface area contributed by atoms with Crippen molar-refractivity contribution in [2.75, 3.05) is 26.7 Å². The zero-order chi connectivity index (χ0) is 14.7. The van der Waals surface area contributed by atoms with Crippen molar-refractivity contribution in [1.82, 2.24) is 19.8 Å². The summed E-state index contributed by atoms with van der Waals surface area (Å²) in [5.41, 5.74) is 1.33. The molecule has 0 radical (unpaired) electrons. The van der Waals surface area contributed by atoms with Gasteiger partial charge in [-0.05, 0) is 32.7 Å². The predicted molar refractivity (Wildman–Crippen MR) is 81.7 cm³/mol. The number of allylic oxidation sites excluding steroid dienone is 1. The Hall–Kier alpha value is -1.62. The molecule has 2 aliphatic rings. The third-order valence-electron chi connectivity index (χ3n) is 4.60. The molecule has 21 heavy (non-hydrogen) atoms. The third kappa shape index (κ3) is 3.35. The fourth-order valence-electron chi connectivity index (χ4n) is 3.23. The number of H-pyrrole nitrogens is 1. The van der Waals surface area contributed by atoms with Gasteiger partial charge >= 0.3 is 0 Å². The molecule has 1 amide bonds. The number of aromatic nitrogens is 2. The second-order valence-electron chi connectivity index (χ2n) is 6.10. The number of carbonyl (C=O) groups excluding carboxylic acids is 1. The molecule has 3 rings (SSSR count). The van der Waals surface area contributed by atoms with Crippen molar-refractivity contribution < 1.29 is 4.79 Å². The second kappa shape index (κ2) is 6.43. The summed E-state index contributed by atoms with van der Waals surface area (Å²) in [5.74, 6) is 1.22. The predicted octanol–water partition coefficient (Wildman–Crippen LogP) is 2.12. The van der Waals surface area contributed by atoms with E-state index in [0.29, 0.717) is 6.42 Å². The Balaban J connectivity index is 1.63. The molecule has 1 aliphatic carbocycles. The van der Waals surface area contributed by atoms with Gasteiger partial charge in [-0.25, -0.2) is 4.98 Å². The van der Waals surface area contributed by atoms with Gasteiger partial charge in [0.05, 0.1) is 6.04 Å². The number of hydrogen-bond donors (Lipinski definition) is 1. The molecule has 1 saturated heterocycles. The molecule has 0 aromatic carbocycles.